The van der Waals surface area contributed by atoms with Crippen molar-refractivity contribution in [2.24, 2.45) is 5.92 Å². The molecule has 3 N–H and O–H groups in total. The summed E-state index contributed by atoms with van der Waals surface area (Å²) in [6.07, 6.45) is 2.67. The van der Waals surface area contributed by atoms with Gasteiger partial charge in [0.15, 0.2) is 5.69 Å². The number of benzene rings is 1. The quantitative estimate of drug-likeness (QED) is 0.830. The lowest BCUT2D eigenvalue weighted by Crippen LogP contribution is -2.38. The summed E-state index contributed by atoms with van der Waals surface area (Å²) < 4.78 is 1.65. The maximum Gasteiger partial charge on any atom is 0.272 e. The van der Waals surface area contributed by atoms with Gasteiger partial charge in [-0.3, -0.25) is 4.79 Å². The van der Waals surface area contributed by atoms with E-state index in [9.17, 15) is 4.79 Å². The molecule has 0 aliphatic heterocycles. The van der Waals surface area contributed by atoms with Crippen LogP contribution in [-0.4, -0.2) is 21.7 Å². The van der Waals surface area contributed by atoms with Crippen molar-refractivity contribution in [3.05, 3.63) is 42.2 Å². The van der Waals surface area contributed by atoms with Gasteiger partial charge in [0.2, 0.25) is 0 Å². The first kappa shape index (κ1) is 15.1. The molecular weight excluding hydrogens is 264 g/mol. The van der Waals surface area contributed by atoms with Crippen LogP contribution < -0.4 is 11.1 Å². The summed E-state index contributed by atoms with van der Waals surface area (Å²) in [7, 11) is 0. The lowest BCUT2D eigenvalue weighted by atomic mass is 10.0. The average molecular weight is 286 g/mol. The maximum atomic E-state index is 12.2. The summed E-state index contributed by atoms with van der Waals surface area (Å²) in [5.74, 6) is 0.258. The van der Waals surface area contributed by atoms with Gasteiger partial charge in [-0.15, -0.1) is 0 Å². The molecule has 0 bridgehead atoms. The van der Waals surface area contributed by atoms with Crippen molar-refractivity contribution in [2.75, 3.05) is 5.73 Å². The number of carbonyl (C=O) groups excluding carboxylic acids is 1. The van der Waals surface area contributed by atoms with E-state index in [1.165, 1.54) is 0 Å². The molecule has 0 saturated heterocycles. The number of nitrogen functional groups attached to an aromatic ring is 1. The van der Waals surface area contributed by atoms with Crippen molar-refractivity contribution in [1.29, 1.82) is 0 Å². The highest BCUT2D eigenvalue weighted by Crippen LogP contribution is 2.12. The molecule has 2 aromatic rings. The molecule has 112 valence electrons. The second kappa shape index (κ2) is 6.43. The zero-order valence-electron chi connectivity index (χ0n) is 12.7. The molecule has 1 atom stereocenters. The van der Waals surface area contributed by atoms with Crippen molar-refractivity contribution >= 4 is 11.6 Å². The van der Waals surface area contributed by atoms with Gasteiger partial charge >= 0.3 is 0 Å². The number of aromatic nitrogens is 2. The largest absolute Gasteiger partial charge is 0.399 e. The third-order valence-electron chi connectivity index (χ3n) is 3.52. The number of hydrogen-bond acceptors (Lipinski definition) is 3. The topological polar surface area (TPSA) is 72.9 Å². The van der Waals surface area contributed by atoms with Crippen molar-refractivity contribution in [3.8, 4) is 5.69 Å². The molecule has 0 aliphatic rings. The predicted octanol–water partition coefficient (Wildman–Crippen LogP) is 2.62. The predicted molar refractivity (Wildman–Crippen MR) is 84.4 cm³/mol. The van der Waals surface area contributed by atoms with Crippen molar-refractivity contribution in [1.82, 2.24) is 15.1 Å². The minimum atomic E-state index is -0.141. The van der Waals surface area contributed by atoms with E-state index < -0.39 is 0 Å². The molecule has 0 fully saturated rings. The van der Waals surface area contributed by atoms with Gasteiger partial charge in [0.1, 0.15) is 0 Å². The SMILES string of the molecule is CCC(NC(=O)c1ccn(-c2cccc(N)c2)n1)C(C)C. The molecule has 0 radical (unpaired) electrons. The van der Waals surface area contributed by atoms with E-state index in [4.69, 9.17) is 5.73 Å². The monoisotopic (exact) mass is 286 g/mol. The number of rotatable bonds is 5. The zero-order chi connectivity index (χ0) is 15.4. The number of nitrogens with one attached hydrogen (secondary N) is 1. The summed E-state index contributed by atoms with van der Waals surface area (Å²) >= 11 is 0. The van der Waals surface area contributed by atoms with Gasteiger partial charge in [-0.05, 0) is 36.6 Å². The summed E-state index contributed by atoms with van der Waals surface area (Å²) in [6.45, 7) is 6.26. The van der Waals surface area contributed by atoms with E-state index in [-0.39, 0.29) is 11.9 Å². The van der Waals surface area contributed by atoms with Crippen molar-refractivity contribution in [3.63, 3.8) is 0 Å². The van der Waals surface area contributed by atoms with Crippen molar-refractivity contribution in [2.45, 2.75) is 33.2 Å². The van der Waals surface area contributed by atoms with Crippen molar-refractivity contribution < 1.29 is 4.79 Å². The second-order valence-electron chi connectivity index (χ2n) is 5.47. The van der Waals surface area contributed by atoms with Gasteiger partial charge in [0.25, 0.3) is 5.91 Å². The Morgan fingerprint density at radius 2 is 2.14 bits per heavy atom. The molecule has 5 nitrogen and oxygen atoms in total. The Balaban J connectivity index is 2.14. The van der Waals surface area contributed by atoms with Crippen LogP contribution in [0.15, 0.2) is 36.5 Å². The highest BCUT2D eigenvalue weighted by molar-refractivity contribution is 5.92. The molecule has 21 heavy (non-hydrogen) atoms. The second-order valence-corrected chi connectivity index (χ2v) is 5.47. The first-order valence-electron chi connectivity index (χ1n) is 7.23. The molecule has 1 unspecified atom stereocenters. The van der Waals surface area contributed by atoms with E-state index in [1.54, 1.807) is 16.9 Å². The van der Waals surface area contributed by atoms with Crippen LogP contribution in [0.25, 0.3) is 5.69 Å². The molecule has 5 heteroatoms. The van der Waals surface area contributed by atoms with E-state index in [0.29, 0.717) is 17.3 Å². The van der Waals surface area contributed by atoms with Crippen LogP contribution in [0.1, 0.15) is 37.7 Å². The van der Waals surface area contributed by atoms with Gasteiger partial charge in [-0.2, -0.15) is 5.10 Å². The van der Waals surface area contributed by atoms with Crippen LogP contribution in [0.3, 0.4) is 0 Å². The lowest BCUT2D eigenvalue weighted by Gasteiger charge is -2.19. The van der Waals surface area contributed by atoms with Gasteiger partial charge < -0.3 is 11.1 Å². The highest BCUT2D eigenvalue weighted by atomic mass is 16.2. The van der Waals surface area contributed by atoms with Gasteiger partial charge in [-0.1, -0.05) is 26.8 Å². The Morgan fingerprint density at radius 1 is 1.38 bits per heavy atom. The van der Waals surface area contributed by atoms with Gasteiger partial charge in [-0.25, -0.2) is 4.68 Å². The fourth-order valence-corrected chi connectivity index (χ4v) is 2.24. The Bertz CT molecular complexity index is 618. The summed E-state index contributed by atoms with van der Waals surface area (Å²) in [4.78, 5) is 12.2. The molecular formula is C16H22N4O. The van der Waals surface area contributed by atoms with E-state index >= 15 is 0 Å². The molecule has 1 heterocycles. The minimum absolute atomic E-state index is 0.141. The molecule has 0 spiro atoms. The Kier molecular flexibility index (Phi) is 4.62. The number of anilines is 1. The summed E-state index contributed by atoms with van der Waals surface area (Å²) in [5, 5.41) is 7.34. The highest BCUT2D eigenvalue weighted by Gasteiger charge is 2.17. The molecule has 0 aliphatic carbocycles. The fourth-order valence-electron chi connectivity index (χ4n) is 2.24. The third-order valence-corrected chi connectivity index (χ3v) is 3.52. The van der Waals surface area contributed by atoms with Crippen LogP contribution in [0, 0.1) is 5.92 Å². The Labute approximate surface area is 125 Å². The summed E-state index contributed by atoms with van der Waals surface area (Å²) in [5.41, 5.74) is 7.68. The standard InChI is InChI=1S/C16H22N4O/c1-4-14(11(2)3)18-16(21)15-8-9-20(19-15)13-7-5-6-12(17)10-13/h5-11,14H,4,17H2,1-3H3,(H,18,21). The number of nitrogens with zero attached hydrogens (tertiary/aromatic N) is 2. The van der Waals surface area contributed by atoms with Crippen LogP contribution >= 0.6 is 0 Å². The van der Waals surface area contributed by atoms with Crippen LogP contribution in [0.2, 0.25) is 0 Å². The van der Waals surface area contributed by atoms with E-state index in [2.05, 4.69) is 31.2 Å². The Morgan fingerprint density at radius 3 is 2.76 bits per heavy atom. The number of hydrogen-bond donors (Lipinski definition) is 2. The number of nitrogens with two attached hydrogens (primary N) is 1. The maximum absolute atomic E-state index is 12.2. The fraction of sp³-hybridized carbons (Fsp3) is 0.375. The average Bonchev–Trinajstić information content (AvgIpc) is 2.94. The molecule has 1 aromatic heterocycles. The first-order chi connectivity index (χ1) is 10.0. The number of carbonyl (C=O) groups is 1. The van der Waals surface area contributed by atoms with E-state index in [1.807, 2.05) is 24.3 Å². The van der Waals surface area contributed by atoms with Gasteiger partial charge in [0.05, 0.1) is 5.69 Å². The minimum Gasteiger partial charge on any atom is -0.399 e. The third kappa shape index (κ3) is 3.62. The van der Waals surface area contributed by atoms with Crippen LogP contribution in [0.5, 0.6) is 0 Å². The molecule has 2 rings (SSSR count). The molecule has 1 amide bonds. The molecule has 1 aromatic carbocycles. The normalized spacial score (nSPS) is 12.4. The number of amides is 1. The first-order valence-corrected chi connectivity index (χ1v) is 7.23. The zero-order valence-corrected chi connectivity index (χ0v) is 12.7. The summed E-state index contributed by atoms with van der Waals surface area (Å²) in [6, 6.07) is 9.26. The smallest absolute Gasteiger partial charge is 0.272 e. The molecule has 0 saturated carbocycles. The lowest BCUT2D eigenvalue weighted by molar-refractivity contribution is 0.0919. The Hall–Kier alpha value is -2.30. The van der Waals surface area contributed by atoms with E-state index in [0.717, 1.165) is 12.1 Å². The van der Waals surface area contributed by atoms with Gasteiger partial charge in [0, 0.05) is 17.9 Å². The van der Waals surface area contributed by atoms with Crippen LogP contribution in [-0.2, 0) is 0 Å². The van der Waals surface area contributed by atoms with Crippen LogP contribution in [0.4, 0.5) is 5.69 Å².